The summed E-state index contributed by atoms with van der Waals surface area (Å²) in [4.78, 5) is 23.5. The highest BCUT2D eigenvalue weighted by molar-refractivity contribution is 5.95. The molecule has 2 saturated carbocycles. The van der Waals surface area contributed by atoms with Crippen LogP contribution in [0.3, 0.4) is 0 Å². The molecule has 4 aliphatic rings. The molecule has 0 aromatic rings. The summed E-state index contributed by atoms with van der Waals surface area (Å²) in [5.41, 5.74) is 2.96. The molecule has 0 saturated heterocycles. The van der Waals surface area contributed by atoms with E-state index in [1.165, 1.54) is 18.9 Å². The Labute approximate surface area is 157 Å². The number of allylic oxidation sites excluding steroid dienone is 3. The molecular formula is C23H32O3. The highest BCUT2D eigenvalue weighted by Crippen LogP contribution is 2.65. The number of rotatable bonds is 2. The Hall–Kier alpha value is -1.38. The van der Waals surface area contributed by atoms with E-state index < -0.39 is 0 Å². The van der Waals surface area contributed by atoms with Crippen molar-refractivity contribution in [1.29, 1.82) is 0 Å². The van der Waals surface area contributed by atoms with E-state index in [1.807, 2.05) is 0 Å². The minimum absolute atomic E-state index is 0.0645. The number of carbonyl (C=O) groups is 2. The Kier molecular flexibility index (Phi) is 4.20. The summed E-state index contributed by atoms with van der Waals surface area (Å²) in [6.07, 6.45) is 12.3. The molecule has 4 rings (SSSR count). The number of Topliss-reactive ketones (excluding diaryl/α,β-unsaturated/α-hetero) is 1. The minimum atomic E-state index is -0.157. The SMILES string of the molecule is CC(=O)O[C@@H]1CC[C@@]2(C)C(=CC[C@H]3[C@H]2CC[C@@]2(C)C(C(C)=O)=CC[C@H]32)C1. The molecular weight excluding hydrogens is 324 g/mol. The third-order valence-corrected chi connectivity index (χ3v) is 8.35. The van der Waals surface area contributed by atoms with Crippen LogP contribution in [-0.2, 0) is 14.3 Å². The van der Waals surface area contributed by atoms with E-state index in [0.717, 1.165) is 44.1 Å². The molecule has 0 aromatic carbocycles. The van der Waals surface area contributed by atoms with Crippen LogP contribution in [0.5, 0.6) is 0 Å². The van der Waals surface area contributed by atoms with Gasteiger partial charge >= 0.3 is 5.97 Å². The number of hydrogen-bond acceptors (Lipinski definition) is 3. The third-order valence-electron chi connectivity index (χ3n) is 8.35. The minimum Gasteiger partial charge on any atom is -0.462 e. The second-order valence-corrected chi connectivity index (χ2v) is 9.60. The van der Waals surface area contributed by atoms with Crippen LogP contribution in [0.2, 0.25) is 0 Å². The Morgan fingerprint density at radius 1 is 1.00 bits per heavy atom. The molecule has 26 heavy (non-hydrogen) atoms. The monoisotopic (exact) mass is 356 g/mol. The maximum atomic E-state index is 12.2. The zero-order valence-corrected chi connectivity index (χ0v) is 16.6. The van der Waals surface area contributed by atoms with Crippen molar-refractivity contribution in [3.05, 3.63) is 23.3 Å². The Bertz CT molecular complexity index is 702. The smallest absolute Gasteiger partial charge is 0.302 e. The number of ketones is 1. The summed E-state index contributed by atoms with van der Waals surface area (Å²) in [6.45, 7) is 8.05. The van der Waals surface area contributed by atoms with Gasteiger partial charge in [-0.1, -0.05) is 31.6 Å². The van der Waals surface area contributed by atoms with Crippen molar-refractivity contribution >= 4 is 11.8 Å². The summed E-state index contributed by atoms with van der Waals surface area (Å²) in [6, 6.07) is 0. The number of hydrogen-bond donors (Lipinski definition) is 0. The van der Waals surface area contributed by atoms with Gasteiger partial charge in [0, 0.05) is 13.3 Å². The molecule has 4 aliphatic carbocycles. The highest BCUT2D eigenvalue weighted by atomic mass is 16.5. The van der Waals surface area contributed by atoms with Crippen LogP contribution >= 0.6 is 0 Å². The third kappa shape index (κ3) is 2.53. The normalized spacial score (nSPS) is 44.2. The number of fused-ring (bicyclic) bond motifs is 5. The van der Waals surface area contributed by atoms with Gasteiger partial charge in [0.05, 0.1) is 0 Å². The van der Waals surface area contributed by atoms with Crippen molar-refractivity contribution in [2.45, 2.75) is 78.7 Å². The molecule has 142 valence electrons. The van der Waals surface area contributed by atoms with Crippen LogP contribution in [-0.4, -0.2) is 17.9 Å². The van der Waals surface area contributed by atoms with Gasteiger partial charge in [-0.05, 0) is 79.6 Å². The van der Waals surface area contributed by atoms with E-state index in [4.69, 9.17) is 4.74 Å². The molecule has 3 nitrogen and oxygen atoms in total. The van der Waals surface area contributed by atoms with E-state index in [2.05, 4.69) is 26.0 Å². The van der Waals surface area contributed by atoms with E-state index in [0.29, 0.717) is 17.8 Å². The van der Waals surface area contributed by atoms with Crippen molar-refractivity contribution < 1.29 is 14.3 Å². The molecule has 0 N–H and O–H groups in total. The first kappa shape index (κ1) is 18.0. The van der Waals surface area contributed by atoms with Crippen molar-refractivity contribution in [2.24, 2.45) is 28.6 Å². The van der Waals surface area contributed by atoms with Gasteiger partial charge in [-0.25, -0.2) is 0 Å². The summed E-state index contributed by atoms with van der Waals surface area (Å²) in [7, 11) is 0. The maximum Gasteiger partial charge on any atom is 0.302 e. The van der Waals surface area contributed by atoms with Gasteiger partial charge in [-0.3, -0.25) is 9.59 Å². The summed E-state index contributed by atoms with van der Waals surface area (Å²) in [5, 5.41) is 0. The van der Waals surface area contributed by atoms with Crippen molar-refractivity contribution in [3.63, 3.8) is 0 Å². The molecule has 2 fully saturated rings. The quantitative estimate of drug-likeness (QED) is 0.516. The molecule has 0 aromatic heterocycles. The van der Waals surface area contributed by atoms with Crippen molar-refractivity contribution in [1.82, 2.24) is 0 Å². The lowest BCUT2D eigenvalue weighted by Gasteiger charge is -2.57. The molecule has 0 radical (unpaired) electrons. The molecule has 0 spiro atoms. The first-order chi connectivity index (χ1) is 12.3. The van der Waals surface area contributed by atoms with Gasteiger partial charge in [-0.2, -0.15) is 0 Å². The van der Waals surface area contributed by atoms with Gasteiger partial charge in [0.25, 0.3) is 0 Å². The van der Waals surface area contributed by atoms with Gasteiger partial charge in [0.15, 0.2) is 5.78 Å². The predicted molar refractivity (Wildman–Crippen MR) is 101 cm³/mol. The standard InChI is InChI=1S/C23H32O3/c1-14(24)19-7-8-20-18-6-5-16-13-17(26-15(2)25)9-11-22(16,3)21(18)10-12-23(19,20)4/h5,7,17-18,20-21H,6,8-13H2,1-4H3/t17-,18-,20-,21-,22+,23+/m1/s1. The summed E-state index contributed by atoms with van der Waals surface area (Å²) >= 11 is 0. The Morgan fingerprint density at radius 3 is 2.42 bits per heavy atom. The zero-order chi connectivity index (χ0) is 18.7. The fourth-order valence-corrected chi connectivity index (χ4v) is 7.08. The molecule has 0 amide bonds. The number of carbonyl (C=O) groups excluding carboxylic acids is 2. The predicted octanol–water partition coefficient (Wildman–Crippen LogP) is 5.01. The Balaban J connectivity index is 1.59. The van der Waals surface area contributed by atoms with Crippen LogP contribution in [0.1, 0.15) is 72.6 Å². The molecule has 6 atom stereocenters. The van der Waals surface area contributed by atoms with Crippen LogP contribution < -0.4 is 0 Å². The lowest BCUT2D eigenvalue weighted by molar-refractivity contribution is -0.148. The Morgan fingerprint density at radius 2 is 1.73 bits per heavy atom. The lowest BCUT2D eigenvalue weighted by atomic mass is 9.47. The second kappa shape index (κ2) is 6.07. The molecule has 0 heterocycles. The summed E-state index contributed by atoms with van der Waals surface area (Å²) < 4.78 is 5.52. The van der Waals surface area contributed by atoms with E-state index in [-0.39, 0.29) is 28.7 Å². The molecule has 0 unspecified atom stereocenters. The topological polar surface area (TPSA) is 43.4 Å². The maximum absolute atomic E-state index is 12.2. The van der Waals surface area contributed by atoms with Crippen LogP contribution in [0.4, 0.5) is 0 Å². The first-order valence-corrected chi connectivity index (χ1v) is 10.3. The average molecular weight is 357 g/mol. The first-order valence-electron chi connectivity index (χ1n) is 10.3. The largest absolute Gasteiger partial charge is 0.462 e. The van der Waals surface area contributed by atoms with Crippen LogP contribution in [0.15, 0.2) is 23.3 Å². The fourth-order valence-electron chi connectivity index (χ4n) is 7.08. The van der Waals surface area contributed by atoms with Crippen LogP contribution in [0.25, 0.3) is 0 Å². The van der Waals surface area contributed by atoms with Crippen molar-refractivity contribution in [3.8, 4) is 0 Å². The number of esters is 1. The van der Waals surface area contributed by atoms with E-state index in [1.54, 1.807) is 6.92 Å². The molecule has 3 heteroatoms. The van der Waals surface area contributed by atoms with Gasteiger partial charge in [-0.15, -0.1) is 0 Å². The molecule has 0 bridgehead atoms. The molecule has 0 aliphatic heterocycles. The lowest BCUT2D eigenvalue weighted by Crippen LogP contribution is -2.50. The van der Waals surface area contributed by atoms with Gasteiger partial charge in [0.2, 0.25) is 0 Å². The van der Waals surface area contributed by atoms with Crippen LogP contribution in [0, 0.1) is 28.6 Å². The van der Waals surface area contributed by atoms with E-state index >= 15 is 0 Å². The van der Waals surface area contributed by atoms with Gasteiger partial charge < -0.3 is 4.74 Å². The highest BCUT2D eigenvalue weighted by Gasteiger charge is 2.57. The summed E-state index contributed by atoms with van der Waals surface area (Å²) in [5.74, 6) is 2.11. The number of ether oxygens (including phenoxy) is 1. The average Bonchev–Trinajstić information content (AvgIpc) is 2.92. The fraction of sp³-hybridized carbons (Fsp3) is 0.739. The van der Waals surface area contributed by atoms with Gasteiger partial charge in [0.1, 0.15) is 6.10 Å². The van der Waals surface area contributed by atoms with Crippen molar-refractivity contribution in [2.75, 3.05) is 0 Å². The second-order valence-electron chi connectivity index (χ2n) is 9.60. The zero-order valence-electron chi connectivity index (χ0n) is 16.6. The van der Waals surface area contributed by atoms with E-state index in [9.17, 15) is 9.59 Å².